The maximum atomic E-state index is 12.3. The number of amides is 1. The van der Waals surface area contributed by atoms with E-state index in [2.05, 4.69) is 20.5 Å². The van der Waals surface area contributed by atoms with Gasteiger partial charge >= 0.3 is 0 Å². The molecular formula is C17H22N4O2. The molecular weight excluding hydrogens is 292 g/mol. The smallest absolute Gasteiger partial charge is 0.257 e. The Bertz CT molecular complexity index is 659. The predicted octanol–water partition coefficient (Wildman–Crippen LogP) is 2.32. The molecule has 0 bridgehead atoms. The molecule has 6 heteroatoms. The van der Waals surface area contributed by atoms with Crippen molar-refractivity contribution in [2.24, 2.45) is 0 Å². The number of anilines is 2. The van der Waals surface area contributed by atoms with E-state index in [0.29, 0.717) is 17.0 Å². The Morgan fingerprint density at radius 3 is 2.78 bits per heavy atom. The lowest BCUT2D eigenvalue weighted by atomic mass is 10.2. The van der Waals surface area contributed by atoms with Gasteiger partial charge in [0.2, 0.25) is 0 Å². The van der Waals surface area contributed by atoms with Crippen LogP contribution in [-0.4, -0.2) is 50.1 Å². The number of hydrogen-bond donors (Lipinski definition) is 2. The second-order valence-electron chi connectivity index (χ2n) is 5.38. The summed E-state index contributed by atoms with van der Waals surface area (Å²) < 4.78 is 5.15. The molecule has 0 unspecified atom stereocenters. The van der Waals surface area contributed by atoms with Crippen molar-refractivity contribution in [1.82, 2.24) is 9.88 Å². The number of rotatable bonds is 7. The van der Waals surface area contributed by atoms with Gasteiger partial charge in [-0.05, 0) is 32.3 Å². The highest BCUT2D eigenvalue weighted by Crippen LogP contribution is 2.18. The van der Waals surface area contributed by atoms with Crippen LogP contribution >= 0.6 is 0 Å². The first-order valence-electron chi connectivity index (χ1n) is 7.37. The Balaban J connectivity index is 2.01. The maximum Gasteiger partial charge on any atom is 0.257 e. The first kappa shape index (κ1) is 16.8. The van der Waals surface area contributed by atoms with Crippen molar-refractivity contribution in [1.29, 1.82) is 0 Å². The second-order valence-corrected chi connectivity index (χ2v) is 5.38. The molecule has 0 atom stereocenters. The van der Waals surface area contributed by atoms with E-state index in [-0.39, 0.29) is 5.91 Å². The Labute approximate surface area is 136 Å². The number of hydrogen-bond acceptors (Lipinski definition) is 5. The molecule has 0 aliphatic rings. The number of nitrogens with zero attached hydrogens (tertiary/aromatic N) is 2. The van der Waals surface area contributed by atoms with Crippen LogP contribution in [0.1, 0.15) is 10.4 Å². The zero-order chi connectivity index (χ0) is 16.7. The van der Waals surface area contributed by atoms with Gasteiger partial charge in [-0.2, -0.15) is 0 Å². The van der Waals surface area contributed by atoms with Crippen molar-refractivity contribution in [3.05, 3.63) is 48.3 Å². The number of nitrogens with one attached hydrogen (secondary N) is 2. The van der Waals surface area contributed by atoms with Crippen LogP contribution < -0.4 is 15.4 Å². The molecule has 0 aliphatic heterocycles. The van der Waals surface area contributed by atoms with Crippen molar-refractivity contribution in [3.63, 3.8) is 0 Å². The van der Waals surface area contributed by atoms with Gasteiger partial charge in [-0.25, -0.2) is 0 Å². The van der Waals surface area contributed by atoms with Gasteiger partial charge in [0.15, 0.2) is 0 Å². The van der Waals surface area contributed by atoms with Gasteiger partial charge in [-0.15, -0.1) is 0 Å². The van der Waals surface area contributed by atoms with Crippen LogP contribution in [0, 0.1) is 0 Å². The molecule has 1 aromatic heterocycles. The van der Waals surface area contributed by atoms with Gasteiger partial charge in [-0.1, -0.05) is 6.07 Å². The van der Waals surface area contributed by atoms with E-state index in [1.54, 1.807) is 31.6 Å². The second kappa shape index (κ2) is 8.14. The molecule has 0 spiro atoms. The molecule has 122 valence electrons. The number of likely N-dealkylation sites (N-methyl/N-ethyl adjacent to an activating group) is 1. The average molecular weight is 314 g/mol. The van der Waals surface area contributed by atoms with Gasteiger partial charge in [0.25, 0.3) is 5.91 Å². The van der Waals surface area contributed by atoms with Crippen LogP contribution in [0.5, 0.6) is 5.75 Å². The van der Waals surface area contributed by atoms with Crippen LogP contribution in [0.3, 0.4) is 0 Å². The zero-order valence-corrected chi connectivity index (χ0v) is 13.7. The highest BCUT2D eigenvalue weighted by molar-refractivity contribution is 6.04. The SMILES string of the molecule is COc1cccc(NC(=O)c2cncc(NCCN(C)C)c2)c1. The van der Waals surface area contributed by atoms with Crippen LogP contribution in [-0.2, 0) is 0 Å². The molecule has 1 heterocycles. The monoisotopic (exact) mass is 314 g/mol. The standard InChI is InChI=1S/C17H22N4O2/c1-21(2)8-7-19-15-9-13(11-18-12-15)17(22)20-14-5-4-6-16(10-14)23-3/h4-6,9-12,19H,7-8H2,1-3H3,(H,20,22). The molecule has 6 nitrogen and oxygen atoms in total. The fourth-order valence-electron chi connectivity index (χ4n) is 1.99. The van der Waals surface area contributed by atoms with Gasteiger partial charge in [0.05, 0.1) is 18.4 Å². The normalized spacial score (nSPS) is 10.4. The zero-order valence-electron chi connectivity index (χ0n) is 13.7. The minimum atomic E-state index is -0.206. The third kappa shape index (κ3) is 5.27. The number of pyridine rings is 1. The first-order valence-corrected chi connectivity index (χ1v) is 7.37. The van der Waals surface area contributed by atoms with Crippen molar-refractivity contribution in [2.45, 2.75) is 0 Å². The first-order chi connectivity index (χ1) is 11.1. The van der Waals surface area contributed by atoms with E-state index in [0.717, 1.165) is 18.8 Å². The summed E-state index contributed by atoms with van der Waals surface area (Å²) in [5.41, 5.74) is 2.01. The molecule has 2 aromatic rings. The van der Waals surface area contributed by atoms with E-state index in [4.69, 9.17) is 4.74 Å². The van der Waals surface area contributed by atoms with Gasteiger partial charge in [-0.3, -0.25) is 9.78 Å². The number of ether oxygens (including phenoxy) is 1. The van der Waals surface area contributed by atoms with E-state index in [1.807, 2.05) is 32.3 Å². The summed E-state index contributed by atoms with van der Waals surface area (Å²) in [5, 5.41) is 6.09. The van der Waals surface area contributed by atoms with Crippen LogP contribution in [0.4, 0.5) is 11.4 Å². The lowest BCUT2D eigenvalue weighted by Crippen LogP contribution is -2.21. The van der Waals surface area contributed by atoms with Crippen molar-refractivity contribution >= 4 is 17.3 Å². The molecule has 0 fully saturated rings. The van der Waals surface area contributed by atoms with Gasteiger partial charge in [0, 0.05) is 37.2 Å². The van der Waals surface area contributed by atoms with E-state index in [9.17, 15) is 4.79 Å². The lowest BCUT2D eigenvalue weighted by molar-refractivity contribution is 0.102. The summed E-state index contributed by atoms with van der Waals surface area (Å²) in [6.45, 7) is 1.69. The van der Waals surface area contributed by atoms with Gasteiger partial charge < -0.3 is 20.3 Å². The number of aromatic nitrogens is 1. The van der Waals surface area contributed by atoms with E-state index in [1.165, 1.54) is 0 Å². The molecule has 0 saturated heterocycles. The Morgan fingerprint density at radius 1 is 1.22 bits per heavy atom. The number of carbonyl (C=O) groups is 1. The van der Waals surface area contributed by atoms with Crippen LogP contribution in [0.15, 0.2) is 42.7 Å². The molecule has 0 aliphatic carbocycles. The summed E-state index contributed by atoms with van der Waals surface area (Å²) in [6.07, 6.45) is 3.25. The maximum absolute atomic E-state index is 12.3. The quantitative estimate of drug-likeness (QED) is 0.821. The summed E-state index contributed by atoms with van der Waals surface area (Å²) >= 11 is 0. The van der Waals surface area contributed by atoms with Crippen LogP contribution in [0.25, 0.3) is 0 Å². The van der Waals surface area contributed by atoms with Crippen molar-refractivity contribution in [2.75, 3.05) is 44.9 Å². The molecule has 2 N–H and O–H groups in total. The molecule has 23 heavy (non-hydrogen) atoms. The topological polar surface area (TPSA) is 66.5 Å². The number of carbonyl (C=O) groups excluding carboxylic acids is 1. The summed E-state index contributed by atoms with van der Waals surface area (Å²) in [5.74, 6) is 0.488. The summed E-state index contributed by atoms with van der Waals surface area (Å²) in [4.78, 5) is 18.5. The largest absolute Gasteiger partial charge is 0.497 e. The highest BCUT2D eigenvalue weighted by atomic mass is 16.5. The average Bonchev–Trinajstić information content (AvgIpc) is 2.55. The molecule has 0 radical (unpaired) electrons. The fraction of sp³-hybridized carbons (Fsp3) is 0.294. The molecule has 2 rings (SSSR count). The molecule has 1 amide bonds. The van der Waals surface area contributed by atoms with Crippen molar-refractivity contribution in [3.8, 4) is 5.75 Å². The Morgan fingerprint density at radius 2 is 2.04 bits per heavy atom. The molecule has 1 aromatic carbocycles. The van der Waals surface area contributed by atoms with Crippen molar-refractivity contribution < 1.29 is 9.53 Å². The predicted molar refractivity (Wildman–Crippen MR) is 92.2 cm³/mol. The third-order valence-electron chi connectivity index (χ3n) is 3.22. The number of benzene rings is 1. The minimum Gasteiger partial charge on any atom is -0.497 e. The lowest BCUT2D eigenvalue weighted by Gasteiger charge is -2.12. The third-order valence-corrected chi connectivity index (χ3v) is 3.22. The number of methoxy groups -OCH3 is 1. The van der Waals surface area contributed by atoms with Crippen LogP contribution in [0.2, 0.25) is 0 Å². The highest BCUT2D eigenvalue weighted by Gasteiger charge is 2.08. The Kier molecular flexibility index (Phi) is 5.94. The van der Waals surface area contributed by atoms with E-state index < -0.39 is 0 Å². The summed E-state index contributed by atoms with van der Waals surface area (Å²) in [7, 11) is 5.61. The molecule has 0 saturated carbocycles. The Hall–Kier alpha value is -2.60. The fourth-order valence-corrected chi connectivity index (χ4v) is 1.99. The summed E-state index contributed by atoms with van der Waals surface area (Å²) in [6, 6.07) is 9.02. The van der Waals surface area contributed by atoms with E-state index >= 15 is 0 Å². The minimum absolute atomic E-state index is 0.206. The van der Waals surface area contributed by atoms with Gasteiger partial charge in [0.1, 0.15) is 5.75 Å².